The number of aromatic nitrogens is 2. The Morgan fingerprint density at radius 1 is 1.11 bits per heavy atom. The Bertz CT molecular complexity index is 902. The van der Waals surface area contributed by atoms with Crippen LogP contribution >= 0.6 is 11.6 Å². The summed E-state index contributed by atoms with van der Waals surface area (Å²) in [5.74, 6) is 0.750. The normalized spacial score (nSPS) is 10.3. The number of nitrogens with one attached hydrogen (secondary N) is 2. The van der Waals surface area contributed by atoms with Crippen LogP contribution < -0.4 is 15.4 Å². The van der Waals surface area contributed by atoms with Gasteiger partial charge in [0.25, 0.3) is 5.91 Å². The molecule has 27 heavy (non-hydrogen) atoms. The van der Waals surface area contributed by atoms with E-state index < -0.39 is 0 Å². The molecule has 6 nitrogen and oxygen atoms in total. The number of rotatable bonds is 7. The zero-order valence-corrected chi connectivity index (χ0v) is 15.5. The summed E-state index contributed by atoms with van der Waals surface area (Å²) in [6.45, 7) is 0.544. The molecule has 1 aromatic heterocycles. The highest BCUT2D eigenvalue weighted by Crippen LogP contribution is 2.29. The second kappa shape index (κ2) is 9.00. The minimum Gasteiger partial charge on any atom is -0.495 e. The van der Waals surface area contributed by atoms with Crippen LogP contribution in [-0.4, -0.2) is 29.5 Å². The van der Waals surface area contributed by atoms with Crippen molar-refractivity contribution in [3.8, 4) is 5.75 Å². The molecule has 0 atom stereocenters. The lowest BCUT2D eigenvalue weighted by molar-refractivity contribution is 0.0953. The molecule has 2 N–H and O–H groups in total. The standard InChI is InChI=1S/C20H19ClN4O2/c1-27-18-8-7-16(21)11-17(18)25-20-23-12-15(13-24-20)19(26)22-10-9-14-5-3-2-4-6-14/h2-8,11-13H,9-10H2,1H3,(H,22,26)(H,23,24,25). The van der Waals surface area contributed by atoms with Gasteiger partial charge >= 0.3 is 0 Å². The van der Waals surface area contributed by atoms with Gasteiger partial charge in [0.2, 0.25) is 5.95 Å². The Labute approximate surface area is 162 Å². The van der Waals surface area contributed by atoms with Gasteiger partial charge in [-0.3, -0.25) is 4.79 Å². The molecule has 2 aromatic carbocycles. The zero-order valence-electron chi connectivity index (χ0n) is 14.8. The van der Waals surface area contributed by atoms with E-state index in [1.165, 1.54) is 18.0 Å². The predicted octanol–water partition coefficient (Wildman–Crippen LogP) is 3.85. The Kier molecular flexibility index (Phi) is 6.22. The third kappa shape index (κ3) is 5.18. The minimum atomic E-state index is -0.210. The maximum atomic E-state index is 12.2. The van der Waals surface area contributed by atoms with Crippen LogP contribution in [0.25, 0.3) is 0 Å². The molecular weight excluding hydrogens is 364 g/mol. The van der Waals surface area contributed by atoms with E-state index in [0.717, 1.165) is 6.42 Å². The molecule has 0 bridgehead atoms. The van der Waals surface area contributed by atoms with Crippen LogP contribution in [0.4, 0.5) is 11.6 Å². The number of carbonyl (C=O) groups excluding carboxylic acids is 1. The minimum absolute atomic E-state index is 0.210. The highest BCUT2D eigenvalue weighted by atomic mass is 35.5. The highest BCUT2D eigenvalue weighted by Gasteiger charge is 2.09. The number of hydrogen-bond acceptors (Lipinski definition) is 5. The first kappa shape index (κ1) is 18.7. The SMILES string of the molecule is COc1ccc(Cl)cc1Nc1ncc(C(=O)NCCc2ccccc2)cn1. The fourth-order valence-electron chi connectivity index (χ4n) is 2.48. The molecule has 1 heterocycles. The number of nitrogens with zero attached hydrogens (tertiary/aromatic N) is 2. The summed E-state index contributed by atoms with van der Waals surface area (Å²) < 4.78 is 5.27. The quantitative estimate of drug-likeness (QED) is 0.649. The van der Waals surface area contributed by atoms with Gasteiger partial charge in [0, 0.05) is 24.0 Å². The van der Waals surface area contributed by atoms with E-state index in [-0.39, 0.29) is 5.91 Å². The molecule has 0 saturated carbocycles. The maximum Gasteiger partial charge on any atom is 0.254 e. The van der Waals surface area contributed by atoms with Crippen molar-refractivity contribution in [1.29, 1.82) is 0 Å². The number of halogens is 1. The van der Waals surface area contributed by atoms with Crippen molar-refractivity contribution in [3.05, 3.63) is 77.1 Å². The van der Waals surface area contributed by atoms with Gasteiger partial charge in [0.15, 0.2) is 0 Å². The second-order valence-electron chi connectivity index (χ2n) is 5.76. The summed E-state index contributed by atoms with van der Waals surface area (Å²) in [5, 5.41) is 6.46. The smallest absolute Gasteiger partial charge is 0.254 e. The van der Waals surface area contributed by atoms with Crippen LogP contribution in [0.15, 0.2) is 60.9 Å². The van der Waals surface area contributed by atoms with Crippen LogP contribution in [0.1, 0.15) is 15.9 Å². The summed E-state index contributed by atoms with van der Waals surface area (Å²) in [7, 11) is 1.57. The summed E-state index contributed by atoms with van der Waals surface area (Å²) in [4.78, 5) is 20.6. The van der Waals surface area contributed by atoms with Crippen molar-refractivity contribution < 1.29 is 9.53 Å². The first-order valence-electron chi connectivity index (χ1n) is 8.40. The van der Waals surface area contributed by atoms with Crippen molar-refractivity contribution in [2.75, 3.05) is 19.0 Å². The average molecular weight is 383 g/mol. The molecule has 1 amide bonds. The summed E-state index contributed by atoms with van der Waals surface area (Å²) in [6.07, 6.45) is 3.72. The molecule has 0 aliphatic heterocycles. The van der Waals surface area contributed by atoms with Crippen molar-refractivity contribution in [2.45, 2.75) is 6.42 Å². The van der Waals surface area contributed by atoms with Gasteiger partial charge in [-0.1, -0.05) is 41.9 Å². The Hall–Kier alpha value is -3.12. The largest absolute Gasteiger partial charge is 0.495 e. The first-order valence-corrected chi connectivity index (χ1v) is 8.78. The third-order valence-electron chi connectivity index (χ3n) is 3.86. The second-order valence-corrected chi connectivity index (χ2v) is 6.19. The number of anilines is 2. The fraction of sp³-hybridized carbons (Fsp3) is 0.150. The van der Waals surface area contributed by atoms with Crippen LogP contribution in [0.2, 0.25) is 5.02 Å². The van der Waals surface area contributed by atoms with Gasteiger partial charge in [-0.2, -0.15) is 0 Å². The lowest BCUT2D eigenvalue weighted by atomic mass is 10.1. The average Bonchev–Trinajstić information content (AvgIpc) is 2.69. The van der Waals surface area contributed by atoms with Crippen LogP contribution in [0.3, 0.4) is 0 Å². The van der Waals surface area contributed by atoms with Crippen LogP contribution in [-0.2, 0) is 6.42 Å². The van der Waals surface area contributed by atoms with E-state index in [2.05, 4.69) is 20.6 Å². The Morgan fingerprint density at radius 2 is 1.85 bits per heavy atom. The molecular formula is C20H19ClN4O2. The van der Waals surface area contributed by atoms with Gasteiger partial charge < -0.3 is 15.4 Å². The zero-order chi connectivity index (χ0) is 19.1. The molecule has 0 unspecified atom stereocenters. The van der Waals surface area contributed by atoms with Crippen molar-refractivity contribution >= 4 is 29.1 Å². The van der Waals surface area contributed by atoms with Gasteiger partial charge in [0.05, 0.1) is 18.4 Å². The van der Waals surface area contributed by atoms with Crippen molar-refractivity contribution in [3.63, 3.8) is 0 Å². The lowest BCUT2D eigenvalue weighted by Gasteiger charge is -2.10. The maximum absolute atomic E-state index is 12.2. The molecule has 0 spiro atoms. The number of hydrogen-bond donors (Lipinski definition) is 2. The van der Waals surface area contributed by atoms with E-state index in [1.807, 2.05) is 30.3 Å². The number of methoxy groups -OCH3 is 1. The van der Waals surface area contributed by atoms with E-state index in [9.17, 15) is 4.79 Å². The monoisotopic (exact) mass is 382 g/mol. The summed E-state index contributed by atoms with van der Waals surface area (Å²) in [6, 6.07) is 15.2. The number of carbonyl (C=O) groups is 1. The molecule has 0 saturated heterocycles. The molecule has 0 fully saturated rings. The number of benzene rings is 2. The topological polar surface area (TPSA) is 76.1 Å². The molecule has 138 valence electrons. The Morgan fingerprint density at radius 3 is 2.56 bits per heavy atom. The number of amides is 1. The molecule has 3 aromatic rings. The van der Waals surface area contributed by atoms with Gasteiger partial charge in [-0.25, -0.2) is 9.97 Å². The van der Waals surface area contributed by atoms with Crippen LogP contribution in [0, 0.1) is 0 Å². The molecule has 0 radical (unpaired) electrons. The van der Waals surface area contributed by atoms with E-state index in [0.29, 0.717) is 34.5 Å². The molecule has 7 heteroatoms. The highest BCUT2D eigenvalue weighted by molar-refractivity contribution is 6.31. The van der Waals surface area contributed by atoms with Crippen molar-refractivity contribution in [1.82, 2.24) is 15.3 Å². The molecule has 0 aliphatic carbocycles. The predicted molar refractivity (Wildman–Crippen MR) is 106 cm³/mol. The van der Waals surface area contributed by atoms with E-state index in [1.54, 1.807) is 25.3 Å². The van der Waals surface area contributed by atoms with Gasteiger partial charge in [-0.15, -0.1) is 0 Å². The lowest BCUT2D eigenvalue weighted by Crippen LogP contribution is -2.26. The molecule has 3 rings (SSSR count). The van der Waals surface area contributed by atoms with E-state index in [4.69, 9.17) is 16.3 Å². The summed E-state index contributed by atoms with van der Waals surface area (Å²) in [5.41, 5.74) is 2.21. The van der Waals surface area contributed by atoms with Gasteiger partial charge in [0.1, 0.15) is 5.75 Å². The van der Waals surface area contributed by atoms with Crippen LogP contribution in [0.5, 0.6) is 5.75 Å². The fourth-order valence-corrected chi connectivity index (χ4v) is 2.65. The Balaban J connectivity index is 1.58. The third-order valence-corrected chi connectivity index (χ3v) is 4.10. The first-order chi connectivity index (χ1) is 13.2. The molecule has 0 aliphatic rings. The summed E-state index contributed by atoms with van der Waals surface area (Å²) >= 11 is 6.01. The number of ether oxygens (including phenoxy) is 1. The van der Waals surface area contributed by atoms with Crippen molar-refractivity contribution in [2.24, 2.45) is 0 Å². The van der Waals surface area contributed by atoms with Gasteiger partial charge in [-0.05, 0) is 30.2 Å². The van der Waals surface area contributed by atoms with E-state index >= 15 is 0 Å².